The SMILES string of the molecule is O=C(NC(CC1CC1)C(=O)N1CCC2OCC(=O)C21)c1ccc(C(F)(F)F)cc1. The number of likely N-dealkylation sites (tertiary alicyclic amines) is 1. The molecule has 29 heavy (non-hydrogen) atoms. The van der Waals surface area contributed by atoms with Gasteiger partial charge < -0.3 is 15.0 Å². The summed E-state index contributed by atoms with van der Waals surface area (Å²) in [7, 11) is 0. The third kappa shape index (κ3) is 4.14. The second-order valence-electron chi connectivity index (χ2n) is 7.86. The summed E-state index contributed by atoms with van der Waals surface area (Å²) in [5.74, 6) is -0.753. The standard InChI is InChI=1S/C20H21F3N2O4/c21-20(22,23)13-5-3-12(4-6-13)18(27)24-14(9-11-1-2-11)19(28)25-8-7-16-17(25)15(26)10-29-16/h3-6,11,14,16-17H,1-2,7-10H2,(H,24,27). The van der Waals surface area contributed by atoms with E-state index in [0.29, 0.717) is 25.3 Å². The number of fused-ring (bicyclic) bond motifs is 1. The Labute approximate surface area is 165 Å². The topological polar surface area (TPSA) is 75.7 Å². The molecule has 2 amide bonds. The summed E-state index contributed by atoms with van der Waals surface area (Å²) in [6.45, 7) is 0.377. The highest BCUT2D eigenvalue weighted by molar-refractivity contribution is 5.99. The van der Waals surface area contributed by atoms with Crippen LogP contribution in [-0.4, -0.2) is 53.8 Å². The van der Waals surface area contributed by atoms with E-state index >= 15 is 0 Å². The Kier molecular flexibility index (Phi) is 5.10. The van der Waals surface area contributed by atoms with Crippen molar-refractivity contribution in [3.05, 3.63) is 35.4 Å². The van der Waals surface area contributed by atoms with Crippen LogP contribution in [0.2, 0.25) is 0 Å². The number of hydrogen-bond acceptors (Lipinski definition) is 4. The van der Waals surface area contributed by atoms with E-state index in [1.807, 2.05) is 0 Å². The average Bonchev–Trinajstić information content (AvgIpc) is 3.27. The van der Waals surface area contributed by atoms with Gasteiger partial charge in [0.2, 0.25) is 5.91 Å². The van der Waals surface area contributed by atoms with Gasteiger partial charge in [0.15, 0.2) is 5.78 Å². The monoisotopic (exact) mass is 410 g/mol. The van der Waals surface area contributed by atoms with Crippen LogP contribution < -0.4 is 5.32 Å². The van der Waals surface area contributed by atoms with E-state index in [4.69, 9.17) is 4.74 Å². The first-order valence-electron chi connectivity index (χ1n) is 9.67. The van der Waals surface area contributed by atoms with Crippen molar-refractivity contribution in [2.45, 2.75) is 50.0 Å². The predicted molar refractivity (Wildman–Crippen MR) is 94.9 cm³/mol. The molecule has 0 bridgehead atoms. The van der Waals surface area contributed by atoms with E-state index in [9.17, 15) is 27.6 Å². The van der Waals surface area contributed by atoms with Crippen molar-refractivity contribution in [2.75, 3.05) is 13.2 Å². The molecule has 1 saturated carbocycles. The molecule has 2 aliphatic heterocycles. The molecule has 9 heteroatoms. The molecule has 156 valence electrons. The van der Waals surface area contributed by atoms with Crippen molar-refractivity contribution >= 4 is 17.6 Å². The van der Waals surface area contributed by atoms with Crippen molar-refractivity contribution in [1.29, 1.82) is 0 Å². The third-order valence-corrected chi connectivity index (χ3v) is 5.74. The van der Waals surface area contributed by atoms with Crippen LogP contribution in [0.5, 0.6) is 0 Å². The Morgan fingerprint density at radius 1 is 1.17 bits per heavy atom. The second-order valence-corrected chi connectivity index (χ2v) is 7.86. The van der Waals surface area contributed by atoms with Gasteiger partial charge in [0.1, 0.15) is 18.7 Å². The number of Topliss-reactive ketones (excluding diaryl/α,β-unsaturated/α-hetero) is 1. The molecule has 3 aliphatic rings. The van der Waals surface area contributed by atoms with Crippen LogP contribution in [-0.2, 0) is 20.5 Å². The van der Waals surface area contributed by atoms with Crippen LogP contribution in [0.4, 0.5) is 13.2 Å². The zero-order valence-electron chi connectivity index (χ0n) is 15.6. The highest BCUT2D eigenvalue weighted by atomic mass is 19.4. The summed E-state index contributed by atoms with van der Waals surface area (Å²) in [5, 5.41) is 2.67. The molecule has 6 nitrogen and oxygen atoms in total. The molecule has 1 aromatic carbocycles. The van der Waals surface area contributed by atoms with Crippen molar-refractivity contribution < 1.29 is 32.3 Å². The minimum atomic E-state index is -4.48. The number of nitrogens with zero attached hydrogens (tertiary/aromatic N) is 1. The Bertz CT molecular complexity index is 820. The molecule has 0 aromatic heterocycles. The summed E-state index contributed by atoms with van der Waals surface area (Å²) in [6.07, 6.45) is -1.82. The average molecular weight is 410 g/mol. The number of benzene rings is 1. The quantitative estimate of drug-likeness (QED) is 0.808. The highest BCUT2D eigenvalue weighted by Crippen LogP contribution is 2.35. The van der Waals surface area contributed by atoms with Crippen LogP contribution in [0.25, 0.3) is 0 Å². The minimum Gasteiger partial charge on any atom is -0.368 e. The highest BCUT2D eigenvalue weighted by Gasteiger charge is 2.48. The van der Waals surface area contributed by atoms with Crippen LogP contribution >= 0.6 is 0 Å². The summed E-state index contributed by atoms with van der Waals surface area (Å²) in [6, 6.07) is 2.45. The molecule has 2 heterocycles. The zero-order valence-corrected chi connectivity index (χ0v) is 15.6. The summed E-state index contributed by atoms with van der Waals surface area (Å²) in [4.78, 5) is 39.3. The van der Waals surface area contributed by atoms with Crippen LogP contribution in [0.15, 0.2) is 24.3 Å². The summed E-state index contributed by atoms with van der Waals surface area (Å²) < 4.78 is 43.5. The fraction of sp³-hybridized carbons (Fsp3) is 0.550. The normalized spacial score (nSPS) is 25.1. The maximum Gasteiger partial charge on any atom is 0.416 e. The van der Waals surface area contributed by atoms with E-state index < -0.39 is 29.7 Å². The number of hydrogen-bond donors (Lipinski definition) is 1. The van der Waals surface area contributed by atoms with Gasteiger partial charge in [0.25, 0.3) is 5.91 Å². The van der Waals surface area contributed by atoms with Gasteiger partial charge >= 0.3 is 6.18 Å². The Hall–Kier alpha value is -2.42. The van der Waals surface area contributed by atoms with Crippen molar-refractivity contribution in [3.63, 3.8) is 0 Å². The molecule has 0 spiro atoms. The number of ketones is 1. The smallest absolute Gasteiger partial charge is 0.368 e. The van der Waals surface area contributed by atoms with Crippen molar-refractivity contribution in [2.24, 2.45) is 5.92 Å². The molecule has 3 fully saturated rings. The molecule has 4 rings (SSSR count). The van der Waals surface area contributed by atoms with Gasteiger partial charge in [-0.3, -0.25) is 14.4 Å². The molecule has 1 aliphatic carbocycles. The van der Waals surface area contributed by atoms with E-state index in [1.54, 1.807) is 0 Å². The first kappa shape index (κ1) is 19.9. The Morgan fingerprint density at radius 3 is 2.48 bits per heavy atom. The number of carbonyl (C=O) groups is 3. The Balaban J connectivity index is 1.47. The van der Waals surface area contributed by atoms with E-state index in [1.165, 1.54) is 4.90 Å². The minimum absolute atomic E-state index is 0.00960. The first-order valence-corrected chi connectivity index (χ1v) is 9.67. The van der Waals surface area contributed by atoms with E-state index in [0.717, 1.165) is 37.1 Å². The zero-order chi connectivity index (χ0) is 20.8. The van der Waals surface area contributed by atoms with Crippen LogP contribution in [0.3, 0.4) is 0 Å². The van der Waals surface area contributed by atoms with Gasteiger partial charge in [0.05, 0.1) is 11.7 Å². The van der Waals surface area contributed by atoms with Gasteiger partial charge in [-0.25, -0.2) is 0 Å². The number of rotatable bonds is 5. The van der Waals surface area contributed by atoms with Crippen LogP contribution in [0, 0.1) is 5.92 Å². The number of carbonyl (C=O) groups excluding carboxylic acids is 3. The molecule has 3 unspecified atom stereocenters. The molecular weight excluding hydrogens is 389 g/mol. The largest absolute Gasteiger partial charge is 0.416 e. The van der Waals surface area contributed by atoms with Crippen LogP contribution in [0.1, 0.15) is 41.6 Å². The summed E-state index contributed by atoms with van der Waals surface area (Å²) in [5.41, 5.74) is -0.798. The second kappa shape index (κ2) is 7.44. The number of amides is 2. The number of alkyl halides is 3. The summed E-state index contributed by atoms with van der Waals surface area (Å²) >= 11 is 0. The number of ether oxygens (including phenoxy) is 1. The van der Waals surface area contributed by atoms with E-state index in [2.05, 4.69) is 5.32 Å². The lowest BCUT2D eigenvalue weighted by molar-refractivity contribution is -0.138. The Morgan fingerprint density at radius 2 is 1.86 bits per heavy atom. The molecule has 2 saturated heterocycles. The first-order chi connectivity index (χ1) is 13.7. The maximum atomic E-state index is 13.1. The molecule has 1 N–H and O–H groups in total. The molecule has 1 aromatic rings. The molecule has 0 radical (unpaired) electrons. The lowest BCUT2D eigenvalue weighted by Crippen LogP contribution is -2.52. The molecular formula is C20H21F3N2O4. The predicted octanol–water partition coefficient (Wildman–Crippen LogP) is 2.17. The number of nitrogens with one attached hydrogen (secondary N) is 1. The fourth-order valence-corrected chi connectivity index (χ4v) is 4.00. The van der Waals surface area contributed by atoms with Gasteiger partial charge in [-0.1, -0.05) is 12.8 Å². The van der Waals surface area contributed by atoms with Gasteiger partial charge in [-0.2, -0.15) is 13.2 Å². The maximum absolute atomic E-state index is 13.1. The van der Waals surface area contributed by atoms with Gasteiger partial charge in [-0.05, 0) is 43.0 Å². The fourth-order valence-electron chi connectivity index (χ4n) is 4.00. The van der Waals surface area contributed by atoms with E-state index in [-0.39, 0.29) is 30.0 Å². The van der Waals surface area contributed by atoms with Gasteiger partial charge in [0, 0.05) is 12.1 Å². The van der Waals surface area contributed by atoms with Gasteiger partial charge in [-0.15, -0.1) is 0 Å². The lowest BCUT2D eigenvalue weighted by Gasteiger charge is -2.27. The third-order valence-electron chi connectivity index (χ3n) is 5.74. The van der Waals surface area contributed by atoms with Crippen molar-refractivity contribution in [3.8, 4) is 0 Å². The lowest BCUT2D eigenvalue weighted by atomic mass is 10.1. The van der Waals surface area contributed by atoms with Crippen molar-refractivity contribution in [1.82, 2.24) is 10.2 Å². The molecule has 3 atom stereocenters. The number of halogens is 3.